The lowest BCUT2D eigenvalue weighted by atomic mass is 10.3. The minimum atomic E-state index is -5.74. The molecule has 84 valence electrons. The molecule has 0 spiro atoms. The number of carbonyl (C=O) groups excluding carboxylic acids is 1. The van der Waals surface area contributed by atoms with Crippen molar-refractivity contribution in [2.45, 2.75) is 19.0 Å². The maximum Gasteiger partial charge on any atom is 0.508 e. The summed E-state index contributed by atoms with van der Waals surface area (Å²) in [6.07, 6.45) is -7.30. The molecule has 0 aliphatic rings. The second-order valence-corrected chi connectivity index (χ2v) is 2.17. The molecule has 0 aliphatic heterocycles. The Labute approximate surface area is 75.8 Å². The van der Waals surface area contributed by atoms with E-state index in [1.807, 2.05) is 0 Å². The van der Waals surface area contributed by atoms with Crippen molar-refractivity contribution in [1.82, 2.24) is 0 Å². The van der Waals surface area contributed by atoms with E-state index in [0.29, 0.717) is 0 Å². The molecule has 0 aromatic heterocycles. The molecule has 0 aromatic rings. The normalized spacial score (nSPS) is 12.4. The SMILES string of the molecule is CCOC(=O)OCC(F)(F)C(F)(F)F. The summed E-state index contributed by atoms with van der Waals surface area (Å²) < 4.78 is 66.1. The minimum Gasteiger partial charge on any atom is -0.435 e. The molecule has 0 amide bonds. The van der Waals surface area contributed by atoms with Crippen molar-refractivity contribution in [3.8, 4) is 0 Å². The van der Waals surface area contributed by atoms with Crippen LogP contribution in [0.5, 0.6) is 0 Å². The molecule has 0 bridgehead atoms. The number of carbonyl (C=O) groups is 1. The zero-order valence-electron chi connectivity index (χ0n) is 7.03. The highest BCUT2D eigenvalue weighted by atomic mass is 19.4. The van der Waals surface area contributed by atoms with Crippen molar-refractivity contribution in [3.63, 3.8) is 0 Å². The van der Waals surface area contributed by atoms with Crippen LogP contribution in [0.15, 0.2) is 0 Å². The van der Waals surface area contributed by atoms with Crippen LogP contribution < -0.4 is 0 Å². The van der Waals surface area contributed by atoms with Gasteiger partial charge < -0.3 is 9.47 Å². The topological polar surface area (TPSA) is 35.5 Å². The Morgan fingerprint density at radius 1 is 1.14 bits per heavy atom. The van der Waals surface area contributed by atoms with Gasteiger partial charge in [-0.1, -0.05) is 0 Å². The minimum absolute atomic E-state index is 0.170. The number of rotatable bonds is 3. The highest BCUT2D eigenvalue weighted by Crippen LogP contribution is 2.35. The van der Waals surface area contributed by atoms with Crippen LogP contribution in [-0.4, -0.2) is 31.5 Å². The van der Waals surface area contributed by atoms with Crippen molar-refractivity contribution in [2.75, 3.05) is 13.2 Å². The van der Waals surface area contributed by atoms with Crippen molar-refractivity contribution >= 4 is 6.16 Å². The largest absolute Gasteiger partial charge is 0.508 e. The summed E-state index contributed by atoms with van der Waals surface area (Å²) in [5, 5.41) is 0. The van der Waals surface area contributed by atoms with Crippen LogP contribution >= 0.6 is 0 Å². The molecule has 0 fully saturated rings. The van der Waals surface area contributed by atoms with E-state index in [9.17, 15) is 26.7 Å². The average Bonchev–Trinajstić information content (AvgIpc) is 1.99. The molecule has 8 heteroatoms. The summed E-state index contributed by atoms with van der Waals surface area (Å²) in [4.78, 5) is 10.3. The molecule has 0 aromatic carbocycles. The maximum atomic E-state index is 12.1. The van der Waals surface area contributed by atoms with Gasteiger partial charge in [-0.2, -0.15) is 22.0 Å². The van der Waals surface area contributed by atoms with E-state index in [1.54, 1.807) is 0 Å². The third-order valence-corrected chi connectivity index (χ3v) is 1.05. The number of hydrogen-bond donors (Lipinski definition) is 0. The summed E-state index contributed by atoms with van der Waals surface area (Å²) in [5.41, 5.74) is 0. The second kappa shape index (κ2) is 4.43. The number of alkyl halides is 5. The fourth-order valence-corrected chi connectivity index (χ4v) is 0.391. The number of hydrogen-bond acceptors (Lipinski definition) is 3. The Balaban J connectivity index is 4.06. The van der Waals surface area contributed by atoms with Gasteiger partial charge in [-0.05, 0) is 6.92 Å². The van der Waals surface area contributed by atoms with Gasteiger partial charge in [0.2, 0.25) is 0 Å². The Bertz CT molecular complexity index is 200. The van der Waals surface area contributed by atoms with Gasteiger partial charge in [0.25, 0.3) is 0 Å². The number of halogens is 5. The summed E-state index contributed by atoms with van der Waals surface area (Å²) in [5.74, 6) is -5.06. The lowest BCUT2D eigenvalue weighted by Crippen LogP contribution is -2.41. The molecule has 0 saturated carbocycles. The van der Waals surface area contributed by atoms with Gasteiger partial charge in [0.05, 0.1) is 6.61 Å². The third kappa shape index (κ3) is 3.75. The first-order valence-corrected chi connectivity index (χ1v) is 3.45. The third-order valence-electron chi connectivity index (χ3n) is 1.05. The molecule has 0 N–H and O–H groups in total. The van der Waals surface area contributed by atoms with Crippen LogP contribution in [0.3, 0.4) is 0 Å². The van der Waals surface area contributed by atoms with E-state index < -0.39 is 24.9 Å². The first-order valence-electron chi connectivity index (χ1n) is 3.45. The molecule has 3 nitrogen and oxygen atoms in total. The standard InChI is InChI=1S/C6H7F5O3/c1-2-13-4(12)14-3-5(7,8)6(9,10)11/h2-3H2,1H3. The first-order chi connectivity index (χ1) is 6.20. The highest BCUT2D eigenvalue weighted by molar-refractivity contribution is 5.59. The molecular weight excluding hydrogens is 215 g/mol. The Hall–Kier alpha value is -1.08. The van der Waals surface area contributed by atoms with E-state index >= 15 is 0 Å². The highest BCUT2D eigenvalue weighted by Gasteiger charge is 2.58. The molecule has 0 rings (SSSR count). The van der Waals surface area contributed by atoms with Crippen molar-refractivity contribution in [2.24, 2.45) is 0 Å². The zero-order valence-corrected chi connectivity index (χ0v) is 7.03. The molecule has 14 heavy (non-hydrogen) atoms. The first kappa shape index (κ1) is 12.9. The average molecular weight is 222 g/mol. The predicted octanol–water partition coefficient (Wildman–Crippen LogP) is 2.36. The van der Waals surface area contributed by atoms with E-state index in [1.165, 1.54) is 6.92 Å². The Kier molecular flexibility index (Phi) is 4.08. The Morgan fingerprint density at radius 3 is 2.00 bits per heavy atom. The van der Waals surface area contributed by atoms with Gasteiger partial charge in [0.15, 0.2) is 6.61 Å². The van der Waals surface area contributed by atoms with Crippen molar-refractivity contribution in [3.05, 3.63) is 0 Å². The van der Waals surface area contributed by atoms with Crippen LogP contribution in [-0.2, 0) is 9.47 Å². The molecule has 0 aliphatic carbocycles. The molecule has 0 heterocycles. The van der Waals surface area contributed by atoms with Gasteiger partial charge in [0.1, 0.15) is 0 Å². The molecule has 0 unspecified atom stereocenters. The van der Waals surface area contributed by atoms with Gasteiger partial charge in [-0.25, -0.2) is 4.79 Å². The smallest absolute Gasteiger partial charge is 0.435 e. The molecular formula is C6H7F5O3. The fourth-order valence-electron chi connectivity index (χ4n) is 0.391. The van der Waals surface area contributed by atoms with E-state index in [-0.39, 0.29) is 6.61 Å². The summed E-state index contributed by atoms with van der Waals surface area (Å²) in [6.45, 7) is -0.894. The van der Waals surface area contributed by atoms with Gasteiger partial charge in [-0.3, -0.25) is 0 Å². The van der Waals surface area contributed by atoms with Gasteiger partial charge in [-0.15, -0.1) is 0 Å². The van der Waals surface area contributed by atoms with Crippen LogP contribution in [0.1, 0.15) is 6.92 Å². The summed E-state index contributed by atoms with van der Waals surface area (Å²) in [7, 11) is 0. The van der Waals surface area contributed by atoms with Crippen LogP contribution in [0.4, 0.5) is 26.7 Å². The predicted molar refractivity (Wildman–Crippen MR) is 34.0 cm³/mol. The van der Waals surface area contributed by atoms with Crippen LogP contribution in [0, 0.1) is 0 Å². The molecule has 0 radical (unpaired) electrons. The molecule has 0 atom stereocenters. The molecule has 0 saturated heterocycles. The quantitative estimate of drug-likeness (QED) is 0.543. The van der Waals surface area contributed by atoms with E-state index in [2.05, 4.69) is 9.47 Å². The van der Waals surface area contributed by atoms with Crippen LogP contribution in [0.2, 0.25) is 0 Å². The van der Waals surface area contributed by atoms with E-state index in [4.69, 9.17) is 0 Å². The van der Waals surface area contributed by atoms with Gasteiger partial charge in [0, 0.05) is 0 Å². The van der Waals surface area contributed by atoms with Crippen molar-refractivity contribution < 1.29 is 36.2 Å². The Morgan fingerprint density at radius 2 is 1.64 bits per heavy atom. The monoisotopic (exact) mass is 222 g/mol. The number of ether oxygens (including phenoxy) is 2. The lowest BCUT2D eigenvalue weighted by molar-refractivity contribution is -0.293. The van der Waals surface area contributed by atoms with Crippen molar-refractivity contribution in [1.29, 1.82) is 0 Å². The fraction of sp³-hybridized carbons (Fsp3) is 0.833. The second-order valence-electron chi connectivity index (χ2n) is 2.17. The lowest BCUT2D eigenvalue weighted by Gasteiger charge is -2.18. The van der Waals surface area contributed by atoms with Crippen LogP contribution in [0.25, 0.3) is 0 Å². The summed E-state index contributed by atoms with van der Waals surface area (Å²) in [6, 6.07) is 0. The summed E-state index contributed by atoms with van der Waals surface area (Å²) >= 11 is 0. The van der Waals surface area contributed by atoms with Gasteiger partial charge >= 0.3 is 18.3 Å². The zero-order chi connectivity index (χ0) is 11.4. The maximum absolute atomic E-state index is 12.1. The van der Waals surface area contributed by atoms with E-state index in [0.717, 1.165) is 0 Å².